The average molecular weight is 344 g/mol. The highest BCUT2D eigenvalue weighted by Crippen LogP contribution is 2.26. The van der Waals surface area contributed by atoms with Crippen LogP contribution in [0.3, 0.4) is 0 Å². The number of carbonyl (C=O) groups is 1. The molecule has 0 aromatic heterocycles. The molecule has 0 aliphatic heterocycles. The maximum absolute atomic E-state index is 12.0. The van der Waals surface area contributed by atoms with Crippen LogP contribution in [0.4, 0.5) is 0 Å². The summed E-state index contributed by atoms with van der Waals surface area (Å²) in [5, 5.41) is 0. The highest BCUT2D eigenvalue weighted by molar-refractivity contribution is 5.87. The molecule has 4 nitrogen and oxygen atoms in total. The summed E-state index contributed by atoms with van der Waals surface area (Å²) in [5.74, 6) is -0.362. The van der Waals surface area contributed by atoms with Crippen molar-refractivity contribution in [1.82, 2.24) is 0 Å². The van der Waals surface area contributed by atoms with Crippen molar-refractivity contribution in [2.24, 2.45) is 0 Å². The second-order valence-electron chi connectivity index (χ2n) is 6.89. The van der Waals surface area contributed by atoms with Crippen molar-refractivity contribution in [3.05, 3.63) is 42.0 Å². The van der Waals surface area contributed by atoms with E-state index in [0.717, 1.165) is 31.2 Å². The lowest BCUT2D eigenvalue weighted by molar-refractivity contribution is -0.213. The molecule has 0 spiro atoms. The van der Waals surface area contributed by atoms with Gasteiger partial charge in [0.05, 0.1) is 12.2 Å². The zero-order valence-corrected chi connectivity index (χ0v) is 14.8. The van der Waals surface area contributed by atoms with Gasteiger partial charge in [-0.05, 0) is 37.3 Å². The van der Waals surface area contributed by atoms with E-state index in [4.69, 9.17) is 14.2 Å². The van der Waals surface area contributed by atoms with Crippen LogP contribution in [0.25, 0.3) is 6.08 Å². The molecular weight excluding hydrogens is 316 g/mol. The molecule has 0 radical (unpaired) electrons. The molecule has 0 unspecified atom stereocenters. The molecule has 25 heavy (non-hydrogen) atoms. The van der Waals surface area contributed by atoms with Crippen LogP contribution >= 0.6 is 0 Å². The molecule has 0 bridgehead atoms. The lowest BCUT2D eigenvalue weighted by Gasteiger charge is -2.25. The maximum Gasteiger partial charge on any atom is 0.330 e. The maximum atomic E-state index is 12.0. The Bertz CT molecular complexity index is 524. The second-order valence-corrected chi connectivity index (χ2v) is 6.89. The molecule has 2 saturated carbocycles. The van der Waals surface area contributed by atoms with Gasteiger partial charge in [-0.3, -0.25) is 0 Å². The molecule has 0 heterocycles. The fourth-order valence-electron chi connectivity index (χ4n) is 3.52. The van der Waals surface area contributed by atoms with Gasteiger partial charge >= 0.3 is 5.97 Å². The van der Waals surface area contributed by atoms with Crippen molar-refractivity contribution in [3.8, 4) is 0 Å². The Morgan fingerprint density at radius 2 is 1.52 bits per heavy atom. The Morgan fingerprint density at radius 1 is 0.960 bits per heavy atom. The van der Waals surface area contributed by atoms with E-state index in [1.807, 2.05) is 30.3 Å². The van der Waals surface area contributed by atoms with Gasteiger partial charge in [-0.1, -0.05) is 56.0 Å². The van der Waals surface area contributed by atoms with Gasteiger partial charge in [-0.15, -0.1) is 0 Å². The summed E-state index contributed by atoms with van der Waals surface area (Å²) in [6.07, 6.45) is 12.4. The minimum absolute atomic E-state index is 0.158. The summed E-state index contributed by atoms with van der Waals surface area (Å²) in [6.45, 7) is 0.158. The fourth-order valence-corrected chi connectivity index (χ4v) is 3.52. The number of hydrogen-bond donors (Lipinski definition) is 0. The minimum atomic E-state index is -0.444. The summed E-state index contributed by atoms with van der Waals surface area (Å²) in [7, 11) is 0. The molecule has 0 atom stereocenters. The quantitative estimate of drug-likeness (QED) is 0.396. The van der Waals surface area contributed by atoms with Crippen molar-refractivity contribution in [2.75, 3.05) is 6.61 Å². The van der Waals surface area contributed by atoms with Crippen LogP contribution in [-0.4, -0.2) is 31.1 Å². The van der Waals surface area contributed by atoms with E-state index in [2.05, 4.69) is 0 Å². The third-order valence-corrected chi connectivity index (χ3v) is 4.87. The highest BCUT2D eigenvalue weighted by atomic mass is 16.7. The predicted molar refractivity (Wildman–Crippen MR) is 96.9 cm³/mol. The summed E-state index contributed by atoms with van der Waals surface area (Å²) < 4.78 is 17.5. The summed E-state index contributed by atoms with van der Waals surface area (Å²) in [4.78, 5) is 12.0. The van der Waals surface area contributed by atoms with Crippen molar-refractivity contribution in [2.45, 2.75) is 69.9 Å². The molecular formula is C21H28O4. The molecule has 3 rings (SSSR count). The van der Waals surface area contributed by atoms with Gasteiger partial charge in [0.1, 0.15) is 6.61 Å². The first-order valence-corrected chi connectivity index (χ1v) is 9.50. The minimum Gasteiger partial charge on any atom is -0.457 e. The predicted octanol–water partition coefficient (Wildman–Crippen LogP) is 4.49. The van der Waals surface area contributed by atoms with E-state index in [0.29, 0.717) is 0 Å². The summed E-state index contributed by atoms with van der Waals surface area (Å²) in [6, 6.07) is 9.71. The SMILES string of the molecule is O=C(C=Cc1ccccc1)OCC(OC1CCCC1)OC1CCCC1. The van der Waals surface area contributed by atoms with Crippen molar-refractivity contribution >= 4 is 12.0 Å². The van der Waals surface area contributed by atoms with Crippen molar-refractivity contribution < 1.29 is 19.0 Å². The number of rotatable bonds is 8. The fraction of sp³-hybridized carbons (Fsp3) is 0.571. The molecule has 2 fully saturated rings. The average Bonchev–Trinajstić information content (AvgIpc) is 3.33. The Labute approximate surface area is 150 Å². The van der Waals surface area contributed by atoms with Crippen LogP contribution in [0.2, 0.25) is 0 Å². The Kier molecular flexibility index (Phi) is 7.07. The lowest BCUT2D eigenvalue weighted by Crippen LogP contribution is -2.31. The summed E-state index contributed by atoms with van der Waals surface area (Å²) >= 11 is 0. The molecule has 136 valence electrons. The molecule has 4 heteroatoms. The largest absolute Gasteiger partial charge is 0.457 e. The smallest absolute Gasteiger partial charge is 0.330 e. The number of hydrogen-bond acceptors (Lipinski definition) is 4. The third-order valence-electron chi connectivity index (χ3n) is 4.87. The van der Waals surface area contributed by atoms with Crippen LogP contribution in [-0.2, 0) is 19.0 Å². The lowest BCUT2D eigenvalue weighted by atomic mass is 10.2. The first-order chi connectivity index (χ1) is 12.3. The topological polar surface area (TPSA) is 44.8 Å². The molecule has 1 aromatic rings. The molecule has 2 aliphatic rings. The van der Waals surface area contributed by atoms with Gasteiger partial charge in [0.15, 0.2) is 6.29 Å². The number of benzene rings is 1. The molecule has 0 saturated heterocycles. The van der Waals surface area contributed by atoms with Gasteiger partial charge < -0.3 is 14.2 Å². The Balaban J connectivity index is 1.47. The van der Waals surface area contributed by atoms with Crippen molar-refractivity contribution in [3.63, 3.8) is 0 Å². The molecule has 0 N–H and O–H groups in total. The second kappa shape index (κ2) is 9.73. The van der Waals surface area contributed by atoms with Crippen LogP contribution in [0.5, 0.6) is 0 Å². The number of ether oxygens (including phenoxy) is 3. The first-order valence-electron chi connectivity index (χ1n) is 9.50. The Morgan fingerprint density at radius 3 is 2.08 bits per heavy atom. The summed E-state index contributed by atoms with van der Waals surface area (Å²) in [5.41, 5.74) is 0.973. The van der Waals surface area contributed by atoms with Crippen LogP contribution < -0.4 is 0 Å². The molecule has 0 amide bonds. The zero-order valence-electron chi connectivity index (χ0n) is 14.8. The normalized spacial score (nSPS) is 19.2. The number of esters is 1. The van der Waals surface area contributed by atoms with E-state index < -0.39 is 6.29 Å². The van der Waals surface area contributed by atoms with Crippen molar-refractivity contribution in [1.29, 1.82) is 0 Å². The third kappa shape index (κ3) is 6.29. The Hall–Kier alpha value is -1.65. The van der Waals surface area contributed by atoms with Gasteiger partial charge in [-0.25, -0.2) is 4.79 Å². The van der Waals surface area contributed by atoms with Gasteiger partial charge in [0, 0.05) is 6.08 Å². The van der Waals surface area contributed by atoms with E-state index in [-0.39, 0.29) is 24.8 Å². The van der Waals surface area contributed by atoms with Crippen LogP contribution in [0, 0.1) is 0 Å². The van der Waals surface area contributed by atoms with Gasteiger partial charge in [-0.2, -0.15) is 0 Å². The monoisotopic (exact) mass is 344 g/mol. The zero-order chi connectivity index (χ0) is 17.3. The number of carbonyl (C=O) groups excluding carboxylic acids is 1. The highest BCUT2D eigenvalue weighted by Gasteiger charge is 2.26. The van der Waals surface area contributed by atoms with Crippen LogP contribution in [0.15, 0.2) is 36.4 Å². The molecule has 2 aliphatic carbocycles. The first kappa shape index (κ1) is 18.2. The van der Waals surface area contributed by atoms with E-state index in [1.54, 1.807) is 6.08 Å². The molecule has 1 aromatic carbocycles. The van der Waals surface area contributed by atoms with Crippen LogP contribution in [0.1, 0.15) is 56.9 Å². The van der Waals surface area contributed by atoms with Gasteiger partial charge in [0.25, 0.3) is 0 Å². The van der Waals surface area contributed by atoms with E-state index >= 15 is 0 Å². The van der Waals surface area contributed by atoms with E-state index in [1.165, 1.54) is 31.8 Å². The van der Waals surface area contributed by atoms with E-state index in [9.17, 15) is 4.79 Å². The van der Waals surface area contributed by atoms with Gasteiger partial charge in [0.2, 0.25) is 0 Å². The standard InChI is InChI=1S/C21H28O4/c22-20(15-14-17-8-2-1-3-9-17)23-16-21(24-18-10-4-5-11-18)25-19-12-6-7-13-19/h1-3,8-9,14-15,18-19,21H,4-7,10-13,16H2.